The molecule has 0 saturated heterocycles. The number of thioether (sulfide) groups is 1. The topological polar surface area (TPSA) is 89.5 Å². The molecule has 2 heterocycles. The Hall–Kier alpha value is -3.72. The minimum absolute atomic E-state index is 0.0378. The zero-order chi connectivity index (χ0) is 27.5. The zero-order valence-electron chi connectivity index (χ0n) is 22.6. The summed E-state index contributed by atoms with van der Waals surface area (Å²) in [5.41, 5.74) is 3.65. The van der Waals surface area contributed by atoms with Crippen LogP contribution in [0.1, 0.15) is 57.2 Å². The molecule has 8 nitrogen and oxygen atoms in total. The third-order valence-electron chi connectivity index (χ3n) is 6.59. The van der Waals surface area contributed by atoms with Gasteiger partial charge in [0, 0.05) is 11.7 Å². The maximum atomic E-state index is 13.4. The van der Waals surface area contributed by atoms with E-state index >= 15 is 0 Å². The Balaban J connectivity index is 1.48. The van der Waals surface area contributed by atoms with Gasteiger partial charge in [0.1, 0.15) is 6.61 Å². The van der Waals surface area contributed by atoms with Gasteiger partial charge in [0.15, 0.2) is 16.7 Å². The highest BCUT2D eigenvalue weighted by atomic mass is 32.2. The molecular formula is C30H33N3O5S. The van der Waals surface area contributed by atoms with Crippen molar-refractivity contribution in [1.82, 2.24) is 10.2 Å². The number of benzene rings is 2. The van der Waals surface area contributed by atoms with E-state index in [1.807, 2.05) is 79.6 Å². The maximum absolute atomic E-state index is 13.4. The van der Waals surface area contributed by atoms with Crippen LogP contribution in [-0.2, 0) is 20.9 Å². The summed E-state index contributed by atoms with van der Waals surface area (Å²) in [5.74, 6) is 0.671. The van der Waals surface area contributed by atoms with Gasteiger partial charge in [-0.15, -0.1) is 0 Å². The number of carbonyl (C=O) groups is 2. The fraction of sp³-hybridized carbons (Fsp3) is 0.367. The number of allylic oxidation sites excluding steroid dienone is 1. The summed E-state index contributed by atoms with van der Waals surface area (Å²) in [5, 5.41) is 5.72. The predicted molar refractivity (Wildman–Crippen MR) is 151 cm³/mol. The van der Waals surface area contributed by atoms with Crippen molar-refractivity contribution in [3.05, 3.63) is 82.0 Å². The van der Waals surface area contributed by atoms with Gasteiger partial charge in [-0.3, -0.25) is 4.79 Å². The molecule has 0 bridgehead atoms. The first-order chi connectivity index (χ1) is 18.8. The Morgan fingerprint density at radius 3 is 2.59 bits per heavy atom. The van der Waals surface area contributed by atoms with E-state index in [0.29, 0.717) is 29.4 Å². The van der Waals surface area contributed by atoms with Crippen LogP contribution in [0.4, 0.5) is 0 Å². The summed E-state index contributed by atoms with van der Waals surface area (Å²) in [7, 11) is 1.59. The van der Waals surface area contributed by atoms with E-state index in [9.17, 15) is 9.59 Å². The molecule has 0 radical (unpaired) electrons. The minimum Gasteiger partial charge on any atom is -0.493 e. The molecule has 9 heteroatoms. The molecular weight excluding hydrogens is 514 g/mol. The summed E-state index contributed by atoms with van der Waals surface area (Å²) >= 11 is 1.45. The van der Waals surface area contributed by atoms with Crippen molar-refractivity contribution >= 4 is 28.8 Å². The monoisotopic (exact) mass is 547 g/mol. The maximum Gasteiger partial charge on any atom is 0.338 e. The van der Waals surface area contributed by atoms with Crippen LogP contribution in [-0.4, -0.2) is 41.2 Å². The molecule has 1 saturated carbocycles. The first kappa shape index (κ1) is 26.9. The number of hydrogen-bond acceptors (Lipinski definition) is 8. The van der Waals surface area contributed by atoms with Crippen molar-refractivity contribution in [2.75, 3.05) is 7.11 Å². The molecule has 1 fully saturated rings. The average molecular weight is 548 g/mol. The number of amidine groups is 1. The van der Waals surface area contributed by atoms with Crippen molar-refractivity contribution < 1.29 is 23.8 Å². The van der Waals surface area contributed by atoms with E-state index in [1.54, 1.807) is 7.11 Å². The zero-order valence-corrected chi connectivity index (χ0v) is 23.4. The van der Waals surface area contributed by atoms with E-state index in [-0.39, 0.29) is 24.5 Å². The number of carbonyl (C=O) groups excluding carboxylic acids is 2. The number of amides is 1. The number of fused-ring (bicyclic) bond motifs is 1. The van der Waals surface area contributed by atoms with Gasteiger partial charge < -0.3 is 24.4 Å². The number of nitrogens with one attached hydrogen (secondary N) is 1. The smallest absolute Gasteiger partial charge is 0.338 e. The Bertz CT molecular complexity index is 1350. The number of methoxy groups -OCH3 is 1. The lowest BCUT2D eigenvalue weighted by Gasteiger charge is -2.36. The Labute approximate surface area is 233 Å². The van der Waals surface area contributed by atoms with E-state index in [2.05, 4.69) is 5.32 Å². The van der Waals surface area contributed by atoms with E-state index in [0.717, 1.165) is 34.8 Å². The van der Waals surface area contributed by atoms with Gasteiger partial charge in [-0.05, 0) is 62.3 Å². The van der Waals surface area contributed by atoms with Gasteiger partial charge in [-0.2, -0.15) is 0 Å². The molecule has 2 aliphatic heterocycles. The fourth-order valence-corrected chi connectivity index (χ4v) is 5.57. The summed E-state index contributed by atoms with van der Waals surface area (Å²) in [6.45, 7) is 5.86. The highest BCUT2D eigenvalue weighted by Crippen LogP contribution is 2.46. The van der Waals surface area contributed by atoms with E-state index in [1.165, 1.54) is 11.8 Å². The number of esters is 1. The molecule has 3 aliphatic rings. The van der Waals surface area contributed by atoms with Gasteiger partial charge in [0.2, 0.25) is 5.91 Å². The number of nitrogens with zero attached hydrogens (tertiary/aromatic N) is 2. The SMILES string of the molecule is COc1cc([C@@H]2C(C(=O)OC(C)C)=C(C)N=C3SC=C(CC(=O)NC4CC4)N32)ccc1OCc1ccccc1. The lowest BCUT2D eigenvalue weighted by molar-refractivity contribution is -0.143. The molecule has 0 spiro atoms. The first-order valence-electron chi connectivity index (χ1n) is 13.1. The number of hydrogen-bond donors (Lipinski definition) is 1. The lowest BCUT2D eigenvalue weighted by atomic mass is 9.93. The van der Waals surface area contributed by atoms with Crippen LogP contribution in [0.15, 0.2) is 75.9 Å². The second kappa shape index (κ2) is 11.6. The Morgan fingerprint density at radius 1 is 1.13 bits per heavy atom. The van der Waals surface area contributed by atoms with Crippen LogP contribution in [0.2, 0.25) is 0 Å². The summed E-state index contributed by atoms with van der Waals surface area (Å²) in [6.07, 6.45) is 1.94. The quantitative estimate of drug-likeness (QED) is 0.395. The molecule has 0 aromatic heterocycles. The summed E-state index contributed by atoms with van der Waals surface area (Å²) in [6, 6.07) is 15.3. The van der Waals surface area contributed by atoms with Crippen molar-refractivity contribution in [2.24, 2.45) is 4.99 Å². The largest absolute Gasteiger partial charge is 0.493 e. The molecule has 1 aliphatic carbocycles. The predicted octanol–water partition coefficient (Wildman–Crippen LogP) is 5.47. The van der Waals surface area contributed by atoms with Gasteiger partial charge in [0.25, 0.3) is 0 Å². The van der Waals surface area contributed by atoms with Gasteiger partial charge in [-0.1, -0.05) is 48.2 Å². The third kappa shape index (κ3) is 6.14. The Kier molecular flexibility index (Phi) is 7.97. The van der Waals surface area contributed by atoms with Gasteiger partial charge in [-0.25, -0.2) is 9.79 Å². The van der Waals surface area contributed by atoms with Crippen molar-refractivity contribution in [2.45, 2.75) is 64.8 Å². The molecule has 2 aromatic rings. The number of ether oxygens (including phenoxy) is 3. The first-order valence-corrected chi connectivity index (χ1v) is 14.0. The van der Waals surface area contributed by atoms with E-state index < -0.39 is 12.0 Å². The number of aliphatic imine (C=N–C) groups is 1. The normalized spacial score (nSPS) is 18.4. The minimum atomic E-state index is -0.546. The lowest BCUT2D eigenvalue weighted by Crippen LogP contribution is -2.38. The fourth-order valence-electron chi connectivity index (χ4n) is 4.60. The molecule has 1 amide bonds. The highest BCUT2D eigenvalue weighted by Gasteiger charge is 2.42. The molecule has 39 heavy (non-hydrogen) atoms. The summed E-state index contributed by atoms with van der Waals surface area (Å²) < 4.78 is 17.4. The molecule has 204 valence electrons. The van der Waals surface area contributed by atoms with Crippen LogP contribution in [0.25, 0.3) is 0 Å². The third-order valence-corrected chi connectivity index (χ3v) is 7.48. The second-order valence-corrected chi connectivity index (χ2v) is 10.9. The van der Waals surface area contributed by atoms with Crippen LogP contribution < -0.4 is 14.8 Å². The molecule has 1 atom stereocenters. The standard InChI is InChI=1S/C30H33N3O5S/c1-18(2)38-29(35)27-19(3)31-30-33(23(17-39-30)15-26(34)32-22-11-12-22)28(27)21-10-13-24(25(14-21)36-4)37-16-20-8-6-5-7-9-20/h5-10,13-14,17-18,22,28H,11-12,15-16H2,1-4H3,(H,32,34)/t28-/m1/s1. The Morgan fingerprint density at radius 2 is 1.90 bits per heavy atom. The average Bonchev–Trinajstić information content (AvgIpc) is 3.65. The molecule has 5 rings (SSSR count). The molecule has 1 N–H and O–H groups in total. The van der Waals surface area contributed by atoms with Crippen LogP contribution >= 0.6 is 11.8 Å². The van der Waals surface area contributed by atoms with Crippen LogP contribution in [0.5, 0.6) is 11.5 Å². The molecule has 2 aromatic carbocycles. The second-order valence-electron chi connectivity index (χ2n) is 10.1. The van der Waals surface area contributed by atoms with Crippen LogP contribution in [0, 0.1) is 0 Å². The van der Waals surface area contributed by atoms with E-state index in [4.69, 9.17) is 19.2 Å². The van der Waals surface area contributed by atoms with Crippen molar-refractivity contribution in [3.8, 4) is 11.5 Å². The highest BCUT2D eigenvalue weighted by molar-refractivity contribution is 8.16. The van der Waals surface area contributed by atoms with Crippen molar-refractivity contribution in [1.29, 1.82) is 0 Å². The number of rotatable bonds is 10. The van der Waals surface area contributed by atoms with Crippen LogP contribution in [0.3, 0.4) is 0 Å². The van der Waals surface area contributed by atoms with Gasteiger partial charge >= 0.3 is 5.97 Å². The van der Waals surface area contributed by atoms with Gasteiger partial charge in [0.05, 0.1) is 36.9 Å². The molecule has 0 unspecified atom stereocenters. The van der Waals surface area contributed by atoms with Crippen molar-refractivity contribution in [3.63, 3.8) is 0 Å². The summed E-state index contributed by atoms with van der Waals surface area (Å²) in [4.78, 5) is 32.9.